The van der Waals surface area contributed by atoms with Gasteiger partial charge >= 0.3 is 11.9 Å². The third-order valence-electron chi connectivity index (χ3n) is 3.19. The molecule has 0 unspecified atom stereocenters. The molecule has 0 spiro atoms. The first kappa shape index (κ1) is 19.4. The Balaban J connectivity index is 2.45. The van der Waals surface area contributed by atoms with E-state index in [4.69, 9.17) is 21.1 Å². The van der Waals surface area contributed by atoms with Crippen LogP contribution in [0.25, 0.3) is 0 Å². The first-order valence-corrected chi connectivity index (χ1v) is 8.19. The molecule has 128 valence electrons. The van der Waals surface area contributed by atoms with Crippen LogP contribution < -0.4 is 4.74 Å². The van der Waals surface area contributed by atoms with Crippen molar-refractivity contribution in [2.75, 3.05) is 0 Å². The van der Waals surface area contributed by atoms with Gasteiger partial charge in [-0.2, -0.15) is 0 Å². The molecule has 0 aliphatic heterocycles. The maximum absolute atomic E-state index is 13.5. The van der Waals surface area contributed by atoms with Crippen LogP contribution >= 0.6 is 11.6 Å². The van der Waals surface area contributed by atoms with Crippen molar-refractivity contribution >= 4 is 23.5 Å². The lowest BCUT2D eigenvalue weighted by Gasteiger charge is -2.16. The van der Waals surface area contributed by atoms with Crippen molar-refractivity contribution in [1.29, 1.82) is 0 Å². The summed E-state index contributed by atoms with van der Waals surface area (Å²) in [5, 5.41) is 0.00637. The second-order valence-corrected chi connectivity index (χ2v) is 5.62. The molecule has 4 nitrogen and oxygen atoms in total. The van der Waals surface area contributed by atoms with Crippen LogP contribution in [-0.4, -0.2) is 18.0 Å². The lowest BCUT2D eigenvalue weighted by Crippen LogP contribution is -2.19. The fourth-order valence-electron chi connectivity index (χ4n) is 2.10. The first-order chi connectivity index (χ1) is 11.0. The van der Waals surface area contributed by atoms with Gasteiger partial charge in [-0.1, -0.05) is 44.4 Å². The zero-order valence-corrected chi connectivity index (χ0v) is 14.2. The van der Waals surface area contributed by atoms with Crippen molar-refractivity contribution in [2.24, 2.45) is 0 Å². The number of para-hydroxylation sites is 1. The minimum Gasteiger partial charge on any atom is -0.462 e. The molecule has 0 saturated heterocycles. The Hall–Kier alpha value is -1.62. The molecule has 0 bridgehead atoms. The van der Waals surface area contributed by atoms with Gasteiger partial charge < -0.3 is 9.47 Å². The van der Waals surface area contributed by atoms with Crippen LogP contribution in [-0.2, 0) is 14.3 Å². The zero-order chi connectivity index (χ0) is 17.2. The highest BCUT2D eigenvalue weighted by Crippen LogP contribution is 2.27. The number of carbonyl (C=O) groups excluding carboxylic acids is 2. The van der Waals surface area contributed by atoms with Crippen LogP contribution in [0, 0.1) is 5.82 Å². The Labute approximate surface area is 140 Å². The summed E-state index contributed by atoms with van der Waals surface area (Å²) >= 11 is 5.77. The van der Waals surface area contributed by atoms with E-state index in [1.807, 2.05) is 13.8 Å². The van der Waals surface area contributed by atoms with Gasteiger partial charge in [0.2, 0.25) is 0 Å². The molecular formula is C17H22ClFO4. The number of esters is 2. The van der Waals surface area contributed by atoms with Gasteiger partial charge in [0.05, 0.1) is 17.9 Å². The molecule has 23 heavy (non-hydrogen) atoms. The van der Waals surface area contributed by atoms with Crippen molar-refractivity contribution in [3.05, 3.63) is 29.0 Å². The standard InChI is InChI=1S/C17H22ClFO4/c1-3-6-12(7-4-2)22-15(20)10-11-16(21)23-17-13(18)8-5-9-14(17)19/h5,8-9,12H,3-4,6-7,10-11H2,1-2H3. The number of hydrogen-bond acceptors (Lipinski definition) is 4. The van der Waals surface area contributed by atoms with E-state index in [-0.39, 0.29) is 29.7 Å². The minimum atomic E-state index is -0.725. The minimum absolute atomic E-state index is 0.00637. The van der Waals surface area contributed by atoms with Crippen molar-refractivity contribution in [3.63, 3.8) is 0 Å². The average Bonchev–Trinajstić information content (AvgIpc) is 2.49. The molecular weight excluding hydrogens is 323 g/mol. The van der Waals surface area contributed by atoms with Gasteiger partial charge in [-0.15, -0.1) is 0 Å². The first-order valence-electron chi connectivity index (χ1n) is 7.82. The largest absolute Gasteiger partial charge is 0.462 e. The van der Waals surface area contributed by atoms with Crippen molar-refractivity contribution in [2.45, 2.75) is 58.5 Å². The number of carbonyl (C=O) groups is 2. The van der Waals surface area contributed by atoms with Crippen molar-refractivity contribution in [1.82, 2.24) is 0 Å². The van der Waals surface area contributed by atoms with Crippen LogP contribution in [0.2, 0.25) is 5.02 Å². The van der Waals surface area contributed by atoms with E-state index >= 15 is 0 Å². The molecule has 0 N–H and O–H groups in total. The second kappa shape index (κ2) is 10.2. The monoisotopic (exact) mass is 344 g/mol. The molecule has 0 heterocycles. The maximum atomic E-state index is 13.5. The summed E-state index contributed by atoms with van der Waals surface area (Å²) in [5.41, 5.74) is 0. The Morgan fingerprint density at radius 3 is 2.30 bits per heavy atom. The fraction of sp³-hybridized carbons (Fsp3) is 0.529. The second-order valence-electron chi connectivity index (χ2n) is 5.21. The van der Waals surface area contributed by atoms with Gasteiger partial charge in [-0.05, 0) is 25.0 Å². The van der Waals surface area contributed by atoms with Crippen molar-refractivity contribution in [3.8, 4) is 5.75 Å². The Morgan fingerprint density at radius 2 is 1.74 bits per heavy atom. The quantitative estimate of drug-likeness (QED) is 0.482. The number of rotatable bonds is 9. The highest BCUT2D eigenvalue weighted by Gasteiger charge is 2.17. The molecule has 0 amide bonds. The van der Waals surface area contributed by atoms with Crippen LogP contribution in [0.5, 0.6) is 5.75 Å². The Morgan fingerprint density at radius 1 is 1.13 bits per heavy atom. The molecule has 0 fully saturated rings. The van der Waals surface area contributed by atoms with Gasteiger partial charge in [0.25, 0.3) is 0 Å². The molecule has 1 aromatic rings. The molecule has 0 aliphatic carbocycles. The third-order valence-corrected chi connectivity index (χ3v) is 3.49. The molecule has 0 aliphatic rings. The summed E-state index contributed by atoms with van der Waals surface area (Å²) in [6.07, 6.45) is 3.04. The summed E-state index contributed by atoms with van der Waals surface area (Å²) in [5.74, 6) is -2.22. The summed E-state index contributed by atoms with van der Waals surface area (Å²) in [4.78, 5) is 23.5. The fourth-order valence-corrected chi connectivity index (χ4v) is 2.30. The van der Waals surface area contributed by atoms with Crippen LogP contribution in [0.15, 0.2) is 18.2 Å². The van der Waals surface area contributed by atoms with E-state index in [9.17, 15) is 14.0 Å². The maximum Gasteiger partial charge on any atom is 0.311 e. The summed E-state index contributed by atoms with van der Waals surface area (Å²) in [6, 6.07) is 3.97. The lowest BCUT2D eigenvalue weighted by molar-refractivity contribution is -0.152. The normalized spacial score (nSPS) is 10.7. The number of halogens is 2. The SMILES string of the molecule is CCCC(CCC)OC(=O)CCC(=O)Oc1c(F)cccc1Cl. The molecule has 6 heteroatoms. The van der Waals surface area contributed by atoms with Crippen LogP contribution in [0.4, 0.5) is 4.39 Å². The molecule has 0 radical (unpaired) electrons. The molecule has 0 atom stereocenters. The zero-order valence-electron chi connectivity index (χ0n) is 13.4. The molecule has 1 rings (SSSR count). The Kier molecular flexibility index (Phi) is 8.62. The van der Waals surface area contributed by atoms with E-state index in [0.29, 0.717) is 0 Å². The van der Waals surface area contributed by atoms with Gasteiger partial charge in [0.1, 0.15) is 6.10 Å². The van der Waals surface area contributed by atoms with Gasteiger partial charge in [0.15, 0.2) is 11.6 Å². The van der Waals surface area contributed by atoms with Crippen molar-refractivity contribution < 1.29 is 23.5 Å². The predicted molar refractivity (Wildman–Crippen MR) is 86.0 cm³/mol. The predicted octanol–water partition coefficient (Wildman–Crippen LogP) is 4.68. The summed E-state index contributed by atoms with van der Waals surface area (Å²) < 4.78 is 23.7. The van der Waals surface area contributed by atoms with Crippen LogP contribution in [0.3, 0.4) is 0 Å². The van der Waals surface area contributed by atoms with E-state index in [2.05, 4.69) is 0 Å². The highest BCUT2D eigenvalue weighted by atomic mass is 35.5. The van der Waals surface area contributed by atoms with E-state index in [1.54, 1.807) is 0 Å². The lowest BCUT2D eigenvalue weighted by atomic mass is 10.1. The molecule has 1 aromatic carbocycles. The van der Waals surface area contributed by atoms with E-state index in [1.165, 1.54) is 12.1 Å². The van der Waals surface area contributed by atoms with Crippen LogP contribution in [0.1, 0.15) is 52.4 Å². The smallest absolute Gasteiger partial charge is 0.311 e. The Bertz CT molecular complexity index is 507. The summed E-state index contributed by atoms with van der Waals surface area (Å²) in [7, 11) is 0. The van der Waals surface area contributed by atoms with Gasteiger partial charge in [-0.3, -0.25) is 9.59 Å². The molecule has 0 aromatic heterocycles. The molecule has 0 saturated carbocycles. The number of hydrogen-bond donors (Lipinski definition) is 0. The highest BCUT2D eigenvalue weighted by molar-refractivity contribution is 6.32. The van der Waals surface area contributed by atoms with Gasteiger partial charge in [-0.25, -0.2) is 4.39 Å². The van der Waals surface area contributed by atoms with E-state index in [0.717, 1.165) is 31.7 Å². The average molecular weight is 345 g/mol. The number of benzene rings is 1. The number of ether oxygens (including phenoxy) is 2. The topological polar surface area (TPSA) is 52.6 Å². The third kappa shape index (κ3) is 6.99. The summed E-state index contributed by atoms with van der Waals surface area (Å²) in [6.45, 7) is 4.04. The van der Waals surface area contributed by atoms with Gasteiger partial charge in [0, 0.05) is 0 Å². The van der Waals surface area contributed by atoms with E-state index < -0.39 is 17.8 Å².